The van der Waals surface area contributed by atoms with Crippen LogP contribution in [0.15, 0.2) is 34.8 Å². The van der Waals surface area contributed by atoms with Gasteiger partial charge in [0.25, 0.3) is 5.91 Å². The predicted octanol–water partition coefficient (Wildman–Crippen LogP) is 2.82. The van der Waals surface area contributed by atoms with Crippen molar-refractivity contribution in [3.63, 3.8) is 0 Å². The summed E-state index contributed by atoms with van der Waals surface area (Å²) in [6.45, 7) is 1.77. The number of hydrogen-bond donors (Lipinski definition) is 3. The third-order valence-electron chi connectivity index (χ3n) is 3.15. The number of aromatic nitrogens is 2. The number of carboxylic acids is 1. The fourth-order valence-corrected chi connectivity index (χ4v) is 2.56. The molecule has 2 aromatic rings. The maximum absolute atomic E-state index is 12.2. The molecule has 0 spiro atoms. The van der Waals surface area contributed by atoms with Crippen molar-refractivity contribution in [2.75, 3.05) is 0 Å². The average molecular weight is 366 g/mol. The highest BCUT2D eigenvalue weighted by molar-refractivity contribution is 9.10. The lowest BCUT2D eigenvalue weighted by Gasteiger charge is -2.11. The van der Waals surface area contributed by atoms with E-state index in [2.05, 4.69) is 31.4 Å². The number of nitrogens with one attached hydrogen (secondary N) is 2. The van der Waals surface area contributed by atoms with Crippen LogP contribution in [-0.4, -0.2) is 33.2 Å². The lowest BCUT2D eigenvalue weighted by molar-refractivity contribution is -0.137. The molecule has 1 amide bonds. The van der Waals surface area contributed by atoms with Crippen LogP contribution in [0.5, 0.6) is 0 Å². The van der Waals surface area contributed by atoms with Crippen molar-refractivity contribution >= 4 is 27.8 Å². The first kappa shape index (κ1) is 16.2. The number of amides is 1. The zero-order valence-corrected chi connectivity index (χ0v) is 13.6. The number of rotatable bonds is 6. The highest BCUT2D eigenvalue weighted by Crippen LogP contribution is 2.28. The number of carbonyl (C=O) groups excluding carboxylic acids is 1. The zero-order valence-electron chi connectivity index (χ0n) is 12.0. The number of aliphatic carboxylic acids is 1. The van der Waals surface area contributed by atoms with Crippen LogP contribution in [0.3, 0.4) is 0 Å². The van der Waals surface area contributed by atoms with Crippen molar-refractivity contribution in [1.29, 1.82) is 0 Å². The minimum atomic E-state index is -0.879. The van der Waals surface area contributed by atoms with Gasteiger partial charge in [-0.25, -0.2) is 0 Å². The normalized spacial score (nSPS) is 11.9. The van der Waals surface area contributed by atoms with Gasteiger partial charge in [-0.05, 0) is 29.3 Å². The Morgan fingerprint density at radius 1 is 1.36 bits per heavy atom. The molecule has 0 aliphatic carbocycles. The van der Waals surface area contributed by atoms with E-state index in [4.69, 9.17) is 5.11 Å². The Labute approximate surface area is 136 Å². The van der Waals surface area contributed by atoms with Crippen LogP contribution >= 0.6 is 15.9 Å². The summed E-state index contributed by atoms with van der Waals surface area (Å²) in [7, 11) is 0. The van der Waals surface area contributed by atoms with Crippen molar-refractivity contribution in [3.05, 3.63) is 40.5 Å². The molecule has 0 fully saturated rings. The van der Waals surface area contributed by atoms with Crippen molar-refractivity contribution in [2.45, 2.75) is 25.8 Å². The molecule has 116 valence electrons. The molecule has 1 aromatic heterocycles. The monoisotopic (exact) mass is 365 g/mol. The molecule has 0 bridgehead atoms. The molecule has 22 heavy (non-hydrogen) atoms. The summed E-state index contributed by atoms with van der Waals surface area (Å²) in [5.74, 6) is -1.20. The third kappa shape index (κ3) is 3.94. The molecule has 0 radical (unpaired) electrons. The lowest BCUT2D eigenvalue weighted by atomic mass is 10.1. The van der Waals surface area contributed by atoms with Crippen molar-refractivity contribution < 1.29 is 14.7 Å². The van der Waals surface area contributed by atoms with E-state index in [1.165, 1.54) is 0 Å². The van der Waals surface area contributed by atoms with E-state index in [1.54, 1.807) is 6.92 Å². The van der Waals surface area contributed by atoms with Crippen LogP contribution in [0, 0.1) is 0 Å². The fraction of sp³-hybridized carbons (Fsp3) is 0.267. The maximum atomic E-state index is 12.2. The molecule has 1 unspecified atom stereocenters. The Kier molecular flexibility index (Phi) is 5.32. The highest BCUT2D eigenvalue weighted by Gasteiger charge is 2.19. The second kappa shape index (κ2) is 7.22. The van der Waals surface area contributed by atoms with Gasteiger partial charge in [0.2, 0.25) is 0 Å². The fourth-order valence-electron chi connectivity index (χ4n) is 1.97. The zero-order chi connectivity index (χ0) is 16.1. The Hall–Kier alpha value is -2.15. The van der Waals surface area contributed by atoms with Gasteiger partial charge < -0.3 is 10.4 Å². The Balaban J connectivity index is 2.08. The summed E-state index contributed by atoms with van der Waals surface area (Å²) in [5.41, 5.74) is 1.87. The van der Waals surface area contributed by atoms with Crippen molar-refractivity contribution in [3.8, 4) is 11.3 Å². The molecule has 2 rings (SSSR count). The van der Waals surface area contributed by atoms with Gasteiger partial charge in [-0.3, -0.25) is 14.7 Å². The second-order valence-corrected chi connectivity index (χ2v) is 5.73. The molecule has 7 heteroatoms. The van der Waals surface area contributed by atoms with Crippen molar-refractivity contribution in [2.24, 2.45) is 0 Å². The molecule has 0 aliphatic heterocycles. The highest BCUT2D eigenvalue weighted by atomic mass is 79.9. The minimum absolute atomic E-state index is 0.0147. The standard InChI is InChI=1S/C15H16BrN3O3/c1-9(7-8-11(20)21)17-15(22)14-12(16)13(18-19-14)10-5-3-2-4-6-10/h2-6,9H,7-8H2,1H3,(H,17,22)(H,18,19)(H,20,21). The van der Waals surface area contributed by atoms with Crippen molar-refractivity contribution in [1.82, 2.24) is 15.5 Å². The van der Waals surface area contributed by atoms with Gasteiger partial charge in [0.05, 0.1) is 4.47 Å². The predicted molar refractivity (Wildman–Crippen MR) is 85.5 cm³/mol. The van der Waals surface area contributed by atoms with E-state index in [9.17, 15) is 9.59 Å². The number of carboxylic acid groups (broad SMARTS) is 1. The molecular weight excluding hydrogens is 350 g/mol. The van der Waals surface area contributed by atoms with Crippen LogP contribution < -0.4 is 5.32 Å². The summed E-state index contributed by atoms with van der Waals surface area (Å²) in [4.78, 5) is 22.7. The first-order chi connectivity index (χ1) is 10.5. The van der Waals surface area contributed by atoms with Gasteiger partial charge in [-0.2, -0.15) is 5.10 Å². The van der Waals surface area contributed by atoms with Crippen LogP contribution in [-0.2, 0) is 4.79 Å². The Morgan fingerprint density at radius 3 is 2.68 bits per heavy atom. The number of halogens is 1. The Morgan fingerprint density at radius 2 is 2.05 bits per heavy atom. The molecular formula is C15H16BrN3O3. The first-order valence-electron chi connectivity index (χ1n) is 6.81. The molecule has 0 saturated heterocycles. The number of carbonyl (C=O) groups is 2. The van der Waals surface area contributed by atoms with Gasteiger partial charge in [-0.1, -0.05) is 30.3 Å². The van der Waals surface area contributed by atoms with Gasteiger partial charge >= 0.3 is 5.97 Å². The van der Waals surface area contributed by atoms with E-state index in [1.807, 2.05) is 30.3 Å². The number of H-pyrrole nitrogens is 1. The van der Waals surface area contributed by atoms with E-state index < -0.39 is 5.97 Å². The molecule has 0 aliphatic rings. The summed E-state index contributed by atoms with van der Waals surface area (Å²) in [6, 6.07) is 9.26. The number of aromatic amines is 1. The number of benzene rings is 1. The van der Waals surface area contributed by atoms with Crippen LogP contribution in [0.1, 0.15) is 30.3 Å². The lowest BCUT2D eigenvalue weighted by Crippen LogP contribution is -2.33. The third-order valence-corrected chi connectivity index (χ3v) is 3.92. The van der Waals surface area contributed by atoms with Crippen LogP contribution in [0.4, 0.5) is 0 Å². The van der Waals surface area contributed by atoms with Gasteiger partial charge in [0, 0.05) is 18.0 Å². The van der Waals surface area contributed by atoms with Gasteiger partial charge in [-0.15, -0.1) is 0 Å². The van der Waals surface area contributed by atoms with E-state index in [0.717, 1.165) is 5.56 Å². The summed E-state index contributed by atoms with van der Waals surface area (Å²) in [6.07, 6.45) is 0.388. The summed E-state index contributed by atoms with van der Waals surface area (Å²) >= 11 is 3.39. The SMILES string of the molecule is CC(CCC(=O)O)NC(=O)c1[nH]nc(-c2ccccc2)c1Br. The molecule has 0 saturated carbocycles. The first-order valence-corrected chi connectivity index (χ1v) is 7.60. The molecule has 3 N–H and O–H groups in total. The topological polar surface area (TPSA) is 95.1 Å². The van der Waals surface area contributed by atoms with E-state index in [0.29, 0.717) is 22.3 Å². The van der Waals surface area contributed by atoms with E-state index >= 15 is 0 Å². The number of hydrogen-bond acceptors (Lipinski definition) is 3. The van der Waals surface area contributed by atoms with Crippen LogP contribution in [0.25, 0.3) is 11.3 Å². The second-order valence-electron chi connectivity index (χ2n) is 4.93. The van der Waals surface area contributed by atoms with Crippen LogP contribution in [0.2, 0.25) is 0 Å². The maximum Gasteiger partial charge on any atom is 0.303 e. The minimum Gasteiger partial charge on any atom is -0.481 e. The molecule has 6 nitrogen and oxygen atoms in total. The summed E-state index contributed by atoms with van der Waals surface area (Å²) < 4.78 is 0.585. The summed E-state index contributed by atoms with van der Waals surface area (Å²) in [5, 5.41) is 18.3. The quantitative estimate of drug-likeness (QED) is 0.733. The molecule has 1 atom stereocenters. The van der Waals surface area contributed by atoms with Gasteiger partial charge in [0.15, 0.2) is 0 Å². The van der Waals surface area contributed by atoms with E-state index in [-0.39, 0.29) is 18.4 Å². The number of nitrogens with zero attached hydrogens (tertiary/aromatic N) is 1. The Bertz CT molecular complexity index is 670. The molecule has 1 heterocycles. The smallest absolute Gasteiger partial charge is 0.303 e. The average Bonchev–Trinajstić information content (AvgIpc) is 2.88. The molecule has 1 aromatic carbocycles. The van der Waals surface area contributed by atoms with Gasteiger partial charge in [0.1, 0.15) is 11.4 Å². The largest absolute Gasteiger partial charge is 0.481 e.